The standard InChI is InChI=1S/C16H21N3O/c1-11-5-6-13-12(9-11)14(7-8-17-13)18-10-15(20)19-16(2,3)4/h5-9H,10H2,1-4H3,(H,17,18)(H,19,20). The highest BCUT2D eigenvalue weighted by molar-refractivity contribution is 5.93. The Labute approximate surface area is 119 Å². The van der Waals surface area contributed by atoms with Crippen LogP contribution in [0, 0.1) is 6.92 Å². The van der Waals surface area contributed by atoms with Gasteiger partial charge in [-0.3, -0.25) is 9.78 Å². The van der Waals surface area contributed by atoms with Crippen molar-refractivity contribution in [2.75, 3.05) is 11.9 Å². The number of amides is 1. The summed E-state index contributed by atoms with van der Waals surface area (Å²) < 4.78 is 0. The Morgan fingerprint density at radius 1 is 1.25 bits per heavy atom. The molecular weight excluding hydrogens is 250 g/mol. The van der Waals surface area contributed by atoms with Gasteiger partial charge in [0.1, 0.15) is 0 Å². The predicted octanol–water partition coefficient (Wildman–Crippen LogP) is 2.87. The van der Waals surface area contributed by atoms with Crippen LogP contribution in [0.25, 0.3) is 10.9 Å². The molecule has 0 radical (unpaired) electrons. The predicted molar refractivity (Wildman–Crippen MR) is 82.9 cm³/mol. The van der Waals surface area contributed by atoms with Crippen LogP contribution in [0.15, 0.2) is 30.5 Å². The molecule has 2 rings (SSSR count). The van der Waals surface area contributed by atoms with Crippen LogP contribution in [0.5, 0.6) is 0 Å². The fourth-order valence-electron chi connectivity index (χ4n) is 2.05. The minimum Gasteiger partial charge on any atom is -0.376 e. The van der Waals surface area contributed by atoms with E-state index in [0.29, 0.717) is 0 Å². The number of carbonyl (C=O) groups is 1. The Balaban J connectivity index is 2.14. The van der Waals surface area contributed by atoms with Crippen molar-refractivity contribution in [1.29, 1.82) is 0 Å². The lowest BCUT2D eigenvalue weighted by atomic mass is 10.1. The number of anilines is 1. The first kappa shape index (κ1) is 14.3. The van der Waals surface area contributed by atoms with Gasteiger partial charge in [0.15, 0.2) is 0 Å². The summed E-state index contributed by atoms with van der Waals surface area (Å²) in [6.07, 6.45) is 1.75. The fraction of sp³-hybridized carbons (Fsp3) is 0.375. The number of pyridine rings is 1. The second kappa shape index (κ2) is 5.49. The van der Waals surface area contributed by atoms with E-state index in [1.165, 1.54) is 5.56 Å². The molecular formula is C16H21N3O. The highest BCUT2D eigenvalue weighted by Gasteiger charge is 2.13. The maximum atomic E-state index is 11.8. The molecule has 0 spiro atoms. The second-order valence-corrected chi connectivity index (χ2v) is 6.03. The van der Waals surface area contributed by atoms with E-state index in [0.717, 1.165) is 16.6 Å². The van der Waals surface area contributed by atoms with Gasteiger partial charge < -0.3 is 10.6 Å². The van der Waals surface area contributed by atoms with Crippen LogP contribution in [-0.2, 0) is 4.79 Å². The average molecular weight is 271 g/mol. The van der Waals surface area contributed by atoms with Crippen molar-refractivity contribution in [2.45, 2.75) is 33.2 Å². The lowest BCUT2D eigenvalue weighted by molar-refractivity contribution is -0.120. The maximum absolute atomic E-state index is 11.8. The summed E-state index contributed by atoms with van der Waals surface area (Å²) in [6.45, 7) is 8.20. The summed E-state index contributed by atoms with van der Waals surface area (Å²) in [6, 6.07) is 8.00. The third-order valence-electron chi connectivity index (χ3n) is 2.85. The number of nitrogens with one attached hydrogen (secondary N) is 2. The van der Waals surface area contributed by atoms with Crippen molar-refractivity contribution < 1.29 is 4.79 Å². The molecule has 0 saturated heterocycles. The number of fused-ring (bicyclic) bond motifs is 1. The molecule has 0 fully saturated rings. The Bertz CT molecular complexity index is 629. The van der Waals surface area contributed by atoms with E-state index in [4.69, 9.17) is 0 Å². The highest BCUT2D eigenvalue weighted by atomic mass is 16.2. The number of nitrogens with zero attached hydrogens (tertiary/aromatic N) is 1. The molecule has 0 bridgehead atoms. The van der Waals surface area contributed by atoms with Crippen molar-refractivity contribution in [2.24, 2.45) is 0 Å². The monoisotopic (exact) mass is 271 g/mol. The first-order valence-electron chi connectivity index (χ1n) is 6.75. The van der Waals surface area contributed by atoms with E-state index >= 15 is 0 Å². The second-order valence-electron chi connectivity index (χ2n) is 6.03. The summed E-state index contributed by atoms with van der Waals surface area (Å²) in [7, 11) is 0. The maximum Gasteiger partial charge on any atom is 0.239 e. The molecule has 20 heavy (non-hydrogen) atoms. The van der Waals surface area contributed by atoms with Crippen molar-refractivity contribution in [3.05, 3.63) is 36.0 Å². The van der Waals surface area contributed by atoms with E-state index in [-0.39, 0.29) is 18.0 Å². The normalized spacial score (nSPS) is 11.4. The molecule has 4 heteroatoms. The molecule has 2 N–H and O–H groups in total. The molecule has 4 nitrogen and oxygen atoms in total. The molecule has 0 saturated carbocycles. The van der Waals surface area contributed by atoms with Crippen LogP contribution < -0.4 is 10.6 Å². The summed E-state index contributed by atoms with van der Waals surface area (Å²) in [5.74, 6) is -0.0184. The quantitative estimate of drug-likeness (QED) is 0.902. The van der Waals surface area contributed by atoms with Crippen LogP contribution in [-0.4, -0.2) is 23.0 Å². The van der Waals surface area contributed by atoms with Gasteiger partial charge >= 0.3 is 0 Å². The number of hydrogen-bond donors (Lipinski definition) is 2. The SMILES string of the molecule is Cc1ccc2nccc(NCC(=O)NC(C)(C)C)c2c1. The fourth-order valence-corrected chi connectivity index (χ4v) is 2.05. The zero-order valence-electron chi connectivity index (χ0n) is 12.4. The summed E-state index contributed by atoms with van der Waals surface area (Å²) in [4.78, 5) is 16.2. The Kier molecular flexibility index (Phi) is 3.93. The first-order chi connectivity index (χ1) is 9.35. The first-order valence-corrected chi connectivity index (χ1v) is 6.75. The topological polar surface area (TPSA) is 54.0 Å². The van der Waals surface area contributed by atoms with E-state index < -0.39 is 0 Å². The number of aromatic nitrogens is 1. The molecule has 0 aliphatic heterocycles. The highest BCUT2D eigenvalue weighted by Crippen LogP contribution is 2.22. The molecule has 1 aromatic carbocycles. The minimum absolute atomic E-state index is 0.0184. The molecule has 1 amide bonds. The van der Waals surface area contributed by atoms with Gasteiger partial charge in [0.2, 0.25) is 5.91 Å². The van der Waals surface area contributed by atoms with Gasteiger partial charge in [-0.05, 0) is 45.9 Å². The van der Waals surface area contributed by atoms with Crippen LogP contribution in [0.4, 0.5) is 5.69 Å². The van der Waals surface area contributed by atoms with Gasteiger partial charge in [-0.15, -0.1) is 0 Å². The summed E-state index contributed by atoms with van der Waals surface area (Å²) >= 11 is 0. The van der Waals surface area contributed by atoms with Gasteiger partial charge in [0, 0.05) is 22.8 Å². The van der Waals surface area contributed by atoms with Crippen molar-refractivity contribution in [1.82, 2.24) is 10.3 Å². The number of aryl methyl sites for hydroxylation is 1. The number of rotatable bonds is 3. The molecule has 1 heterocycles. The van der Waals surface area contributed by atoms with Gasteiger partial charge in [0.05, 0.1) is 12.1 Å². The van der Waals surface area contributed by atoms with Crippen LogP contribution in [0.3, 0.4) is 0 Å². The van der Waals surface area contributed by atoms with E-state index in [1.807, 2.05) is 45.9 Å². The smallest absolute Gasteiger partial charge is 0.239 e. The summed E-state index contributed by atoms with van der Waals surface area (Å²) in [5, 5.41) is 7.15. The van der Waals surface area contributed by atoms with Gasteiger partial charge in [-0.2, -0.15) is 0 Å². The van der Waals surface area contributed by atoms with E-state index in [9.17, 15) is 4.79 Å². The average Bonchev–Trinajstić information content (AvgIpc) is 2.34. The molecule has 106 valence electrons. The lowest BCUT2D eigenvalue weighted by Gasteiger charge is -2.21. The van der Waals surface area contributed by atoms with Gasteiger partial charge in [-0.25, -0.2) is 0 Å². The molecule has 0 aliphatic carbocycles. The van der Waals surface area contributed by atoms with Crippen LogP contribution in [0.1, 0.15) is 26.3 Å². The van der Waals surface area contributed by atoms with Gasteiger partial charge in [-0.1, -0.05) is 11.6 Å². The van der Waals surface area contributed by atoms with Crippen molar-refractivity contribution in [3.63, 3.8) is 0 Å². The Hall–Kier alpha value is -2.10. The number of benzene rings is 1. The molecule has 2 aromatic rings. The lowest BCUT2D eigenvalue weighted by Crippen LogP contribution is -2.43. The Morgan fingerprint density at radius 2 is 2.00 bits per heavy atom. The molecule has 0 unspecified atom stereocenters. The van der Waals surface area contributed by atoms with Crippen LogP contribution >= 0.6 is 0 Å². The zero-order valence-corrected chi connectivity index (χ0v) is 12.4. The molecule has 0 aliphatic rings. The third kappa shape index (κ3) is 3.70. The third-order valence-corrected chi connectivity index (χ3v) is 2.85. The number of hydrogen-bond acceptors (Lipinski definition) is 3. The van der Waals surface area contributed by atoms with Crippen molar-refractivity contribution in [3.8, 4) is 0 Å². The largest absolute Gasteiger partial charge is 0.376 e. The van der Waals surface area contributed by atoms with E-state index in [2.05, 4.69) is 21.7 Å². The van der Waals surface area contributed by atoms with Gasteiger partial charge in [0.25, 0.3) is 0 Å². The van der Waals surface area contributed by atoms with E-state index in [1.54, 1.807) is 6.20 Å². The van der Waals surface area contributed by atoms with Crippen LogP contribution in [0.2, 0.25) is 0 Å². The molecule has 0 atom stereocenters. The van der Waals surface area contributed by atoms with Crippen molar-refractivity contribution >= 4 is 22.5 Å². The Morgan fingerprint density at radius 3 is 2.70 bits per heavy atom. The summed E-state index contributed by atoms with van der Waals surface area (Å²) in [5.41, 5.74) is 2.82. The number of carbonyl (C=O) groups excluding carboxylic acids is 1. The molecule has 1 aromatic heterocycles. The minimum atomic E-state index is -0.213. The zero-order chi connectivity index (χ0) is 14.8.